The summed E-state index contributed by atoms with van der Waals surface area (Å²) in [6.07, 6.45) is 1.64. The number of aryl methyl sites for hydroxylation is 1. The molecule has 4 aromatic rings. The van der Waals surface area contributed by atoms with E-state index in [2.05, 4.69) is 31.7 Å². The summed E-state index contributed by atoms with van der Waals surface area (Å²) in [6, 6.07) is 21.7. The van der Waals surface area contributed by atoms with Crippen LogP contribution in [0.4, 0.5) is 11.4 Å². The Labute approximate surface area is 217 Å². The summed E-state index contributed by atoms with van der Waals surface area (Å²) in [7, 11) is 1.56. The molecule has 9 heteroatoms. The van der Waals surface area contributed by atoms with Crippen LogP contribution in [0.3, 0.4) is 0 Å². The highest BCUT2D eigenvalue weighted by Gasteiger charge is 2.20. The first-order chi connectivity index (χ1) is 17.5. The van der Waals surface area contributed by atoms with Crippen molar-refractivity contribution in [2.45, 2.75) is 20.1 Å². The van der Waals surface area contributed by atoms with E-state index >= 15 is 0 Å². The number of rotatable bonds is 9. The zero-order valence-electron chi connectivity index (χ0n) is 19.8. The van der Waals surface area contributed by atoms with Crippen LogP contribution >= 0.6 is 15.9 Å². The number of hydrogen-bond acceptors (Lipinski definition) is 5. The molecule has 0 aliphatic rings. The summed E-state index contributed by atoms with van der Waals surface area (Å²) >= 11 is 3.47. The number of aromatic nitrogens is 2. The summed E-state index contributed by atoms with van der Waals surface area (Å²) in [5.74, 6) is 0.473. The van der Waals surface area contributed by atoms with E-state index in [-0.39, 0.29) is 18.2 Å². The van der Waals surface area contributed by atoms with Gasteiger partial charge in [0.05, 0.1) is 17.3 Å². The van der Waals surface area contributed by atoms with E-state index in [9.17, 15) is 9.59 Å². The fraction of sp³-hybridized carbons (Fsp3) is 0.148. The number of para-hydroxylation sites is 2. The second kappa shape index (κ2) is 11.5. The van der Waals surface area contributed by atoms with Gasteiger partial charge in [0.2, 0.25) is 0 Å². The molecule has 0 aliphatic carbocycles. The molecule has 36 heavy (non-hydrogen) atoms. The van der Waals surface area contributed by atoms with Crippen LogP contribution in [0.5, 0.6) is 11.5 Å². The lowest BCUT2D eigenvalue weighted by molar-refractivity contribution is 0.102. The minimum atomic E-state index is -0.416. The van der Waals surface area contributed by atoms with Gasteiger partial charge in [0.25, 0.3) is 11.8 Å². The lowest BCUT2D eigenvalue weighted by atomic mass is 10.1. The molecule has 0 spiro atoms. The van der Waals surface area contributed by atoms with Crippen molar-refractivity contribution in [3.8, 4) is 11.5 Å². The molecule has 0 fully saturated rings. The van der Waals surface area contributed by atoms with Gasteiger partial charge >= 0.3 is 0 Å². The number of nitrogens with one attached hydrogen (secondary N) is 2. The van der Waals surface area contributed by atoms with E-state index in [1.807, 2.05) is 49.4 Å². The minimum Gasteiger partial charge on any atom is -0.496 e. The first-order valence-electron chi connectivity index (χ1n) is 11.3. The third kappa shape index (κ3) is 5.92. The van der Waals surface area contributed by atoms with E-state index in [0.29, 0.717) is 40.5 Å². The van der Waals surface area contributed by atoms with Gasteiger partial charge in [-0.2, -0.15) is 5.10 Å². The molecule has 0 radical (unpaired) electrons. The number of ether oxygens (including phenoxy) is 2. The monoisotopic (exact) mass is 548 g/mol. The third-order valence-electron chi connectivity index (χ3n) is 5.34. The molecule has 1 aromatic heterocycles. The van der Waals surface area contributed by atoms with Crippen molar-refractivity contribution in [2.24, 2.45) is 0 Å². The number of nitrogens with zero attached hydrogens (tertiary/aromatic N) is 2. The number of methoxy groups -OCH3 is 1. The Morgan fingerprint density at radius 1 is 0.944 bits per heavy atom. The fourth-order valence-corrected chi connectivity index (χ4v) is 3.90. The van der Waals surface area contributed by atoms with Gasteiger partial charge in [-0.25, -0.2) is 0 Å². The Kier molecular flexibility index (Phi) is 8.02. The first-order valence-corrected chi connectivity index (χ1v) is 12.1. The third-order valence-corrected chi connectivity index (χ3v) is 6.00. The van der Waals surface area contributed by atoms with Crippen LogP contribution in [-0.4, -0.2) is 28.7 Å². The van der Waals surface area contributed by atoms with Gasteiger partial charge in [-0.15, -0.1) is 0 Å². The smallest absolute Gasteiger partial charge is 0.278 e. The van der Waals surface area contributed by atoms with Crippen LogP contribution < -0.4 is 20.1 Å². The van der Waals surface area contributed by atoms with Crippen LogP contribution in [0.25, 0.3) is 0 Å². The number of carbonyl (C=O) groups is 2. The molecular formula is C27H25BrN4O4. The SMILES string of the molecule is CCn1cc(NC(=O)c2ccc(OC)c(COc3ccccc3Br)c2)c(C(=O)Nc2ccccc2)n1. The Morgan fingerprint density at radius 3 is 2.42 bits per heavy atom. The van der Waals surface area contributed by atoms with Gasteiger partial charge in [-0.05, 0) is 65.3 Å². The largest absolute Gasteiger partial charge is 0.496 e. The number of hydrogen-bond donors (Lipinski definition) is 2. The Hall–Kier alpha value is -4.11. The number of halogens is 1. The van der Waals surface area contributed by atoms with Crippen molar-refractivity contribution in [1.82, 2.24) is 9.78 Å². The molecule has 0 unspecified atom stereocenters. The maximum Gasteiger partial charge on any atom is 0.278 e. The van der Waals surface area contributed by atoms with Crippen LogP contribution in [-0.2, 0) is 13.2 Å². The van der Waals surface area contributed by atoms with E-state index < -0.39 is 5.91 Å². The zero-order chi connectivity index (χ0) is 25.5. The predicted octanol–water partition coefficient (Wildman–Crippen LogP) is 5.76. The van der Waals surface area contributed by atoms with Gasteiger partial charge in [0.1, 0.15) is 18.1 Å². The number of anilines is 2. The Bertz CT molecular complexity index is 1370. The molecule has 8 nitrogen and oxygen atoms in total. The molecule has 4 rings (SSSR count). The molecule has 2 N–H and O–H groups in total. The quantitative estimate of drug-likeness (QED) is 0.277. The summed E-state index contributed by atoms with van der Waals surface area (Å²) in [4.78, 5) is 26.0. The number of benzene rings is 3. The van der Waals surface area contributed by atoms with Crippen molar-refractivity contribution >= 4 is 39.1 Å². The minimum absolute atomic E-state index is 0.125. The zero-order valence-corrected chi connectivity index (χ0v) is 21.4. The molecule has 0 saturated carbocycles. The standard InChI is InChI=1S/C27H25BrN4O4/c1-3-32-16-22(25(31-32)27(34)29-20-9-5-4-6-10-20)30-26(33)18-13-14-23(35-2)19(15-18)17-36-24-12-8-7-11-21(24)28/h4-16H,3,17H2,1-2H3,(H,29,34)(H,30,33). The van der Waals surface area contributed by atoms with E-state index in [0.717, 1.165) is 4.47 Å². The van der Waals surface area contributed by atoms with Gasteiger partial charge < -0.3 is 20.1 Å². The summed E-state index contributed by atoms with van der Waals surface area (Å²) in [5, 5.41) is 9.96. The highest BCUT2D eigenvalue weighted by Crippen LogP contribution is 2.27. The molecular weight excluding hydrogens is 524 g/mol. The van der Waals surface area contributed by atoms with Gasteiger partial charge in [-0.3, -0.25) is 14.3 Å². The van der Waals surface area contributed by atoms with Crippen LogP contribution in [0.2, 0.25) is 0 Å². The number of carbonyl (C=O) groups excluding carboxylic acids is 2. The number of amides is 2. The van der Waals surface area contributed by atoms with E-state index in [1.165, 1.54) is 0 Å². The molecule has 0 aliphatic heterocycles. The van der Waals surface area contributed by atoms with Crippen molar-refractivity contribution < 1.29 is 19.1 Å². The summed E-state index contributed by atoms with van der Waals surface area (Å²) in [5.41, 5.74) is 2.17. The highest BCUT2D eigenvalue weighted by atomic mass is 79.9. The molecule has 1 heterocycles. The van der Waals surface area contributed by atoms with Gasteiger partial charge in [-0.1, -0.05) is 30.3 Å². The first kappa shape index (κ1) is 25.0. The summed E-state index contributed by atoms with van der Waals surface area (Å²) < 4.78 is 13.8. The van der Waals surface area contributed by atoms with Gasteiger partial charge in [0.15, 0.2) is 5.69 Å². The summed E-state index contributed by atoms with van der Waals surface area (Å²) in [6.45, 7) is 2.64. The average Bonchev–Trinajstić information content (AvgIpc) is 3.31. The maximum atomic E-state index is 13.2. The average molecular weight is 549 g/mol. The van der Waals surface area contributed by atoms with Crippen molar-refractivity contribution in [2.75, 3.05) is 17.7 Å². The van der Waals surface area contributed by atoms with Crippen molar-refractivity contribution in [3.05, 3.63) is 100 Å². The molecule has 0 bridgehead atoms. The molecule has 0 atom stereocenters. The normalized spacial score (nSPS) is 10.5. The Balaban J connectivity index is 1.53. The highest BCUT2D eigenvalue weighted by molar-refractivity contribution is 9.10. The second-order valence-electron chi connectivity index (χ2n) is 7.77. The van der Waals surface area contributed by atoms with E-state index in [4.69, 9.17) is 9.47 Å². The van der Waals surface area contributed by atoms with Crippen LogP contribution in [0.15, 0.2) is 83.5 Å². The van der Waals surface area contributed by atoms with Crippen molar-refractivity contribution in [3.63, 3.8) is 0 Å². The predicted molar refractivity (Wildman–Crippen MR) is 142 cm³/mol. The lowest BCUT2D eigenvalue weighted by Gasteiger charge is -2.13. The maximum absolute atomic E-state index is 13.2. The van der Waals surface area contributed by atoms with Crippen LogP contribution in [0.1, 0.15) is 33.3 Å². The van der Waals surface area contributed by atoms with Crippen LogP contribution in [0, 0.1) is 0 Å². The lowest BCUT2D eigenvalue weighted by Crippen LogP contribution is -2.18. The van der Waals surface area contributed by atoms with Crippen molar-refractivity contribution in [1.29, 1.82) is 0 Å². The Morgan fingerprint density at radius 2 is 1.69 bits per heavy atom. The topological polar surface area (TPSA) is 94.5 Å². The molecule has 184 valence electrons. The van der Waals surface area contributed by atoms with Gasteiger partial charge in [0, 0.05) is 29.6 Å². The molecule has 3 aromatic carbocycles. The van der Waals surface area contributed by atoms with E-state index in [1.54, 1.807) is 48.3 Å². The molecule has 0 saturated heterocycles. The second-order valence-corrected chi connectivity index (χ2v) is 8.62. The fourth-order valence-electron chi connectivity index (χ4n) is 3.50. The molecule has 2 amide bonds.